The molecule has 0 bridgehead atoms. The number of hydrogen-bond acceptors (Lipinski definition) is 4. The third-order valence-corrected chi connectivity index (χ3v) is 4.00. The first-order valence-corrected chi connectivity index (χ1v) is 8.03. The fourth-order valence-electron chi connectivity index (χ4n) is 2.46. The van der Waals surface area contributed by atoms with Gasteiger partial charge in [0, 0.05) is 17.1 Å². The van der Waals surface area contributed by atoms with Crippen molar-refractivity contribution in [3.05, 3.63) is 77.1 Å². The van der Waals surface area contributed by atoms with Crippen LogP contribution in [0.15, 0.2) is 60.7 Å². The zero-order valence-electron chi connectivity index (χ0n) is 13.0. The Bertz CT molecular complexity index is 1010. The molecule has 0 aliphatic carbocycles. The average Bonchev–Trinajstić information content (AvgIpc) is 3.05. The van der Waals surface area contributed by atoms with Crippen LogP contribution in [-0.4, -0.2) is 19.8 Å². The van der Waals surface area contributed by atoms with Crippen LogP contribution in [0.1, 0.15) is 5.56 Å². The smallest absolute Gasteiger partial charge is 0.185 e. The molecule has 2 aromatic carbocycles. The van der Waals surface area contributed by atoms with Crippen LogP contribution in [-0.2, 0) is 6.54 Å². The van der Waals surface area contributed by atoms with Gasteiger partial charge in [0.2, 0.25) is 0 Å². The minimum absolute atomic E-state index is 0.296. The molecule has 1 N–H and O–H groups in total. The zero-order valence-corrected chi connectivity index (χ0v) is 13.8. The number of nitrogens with zero attached hydrogens (tertiary/aromatic N) is 4. The van der Waals surface area contributed by atoms with Crippen LogP contribution >= 0.6 is 11.6 Å². The first-order valence-electron chi connectivity index (χ1n) is 7.66. The Kier molecular flexibility index (Phi) is 4.03. The zero-order chi connectivity index (χ0) is 17.2. The van der Waals surface area contributed by atoms with E-state index >= 15 is 0 Å². The van der Waals surface area contributed by atoms with Gasteiger partial charge >= 0.3 is 0 Å². The number of rotatable bonds is 4. The second-order valence-electron chi connectivity index (χ2n) is 5.50. The van der Waals surface area contributed by atoms with Crippen molar-refractivity contribution in [3.63, 3.8) is 0 Å². The van der Waals surface area contributed by atoms with Gasteiger partial charge in [-0.3, -0.25) is 0 Å². The second-order valence-corrected chi connectivity index (χ2v) is 5.94. The average molecular weight is 354 g/mol. The highest BCUT2D eigenvalue weighted by molar-refractivity contribution is 6.30. The SMILES string of the molecule is Fc1ccc(-c2nnc3ccc(NCc4ccc(Cl)cc4)nn23)cc1. The van der Waals surface area contributed by atoms with Gasteiger partial charge in [0.05, 0.1) is 0 Å². The van der Waals surface area contributed by atoms with Crippen molar-refractivity contribution in [2.24, 2.45) is 0 Å². The van der Waals surface area contributed by atoms with Crippen LogP contribution in [0, 0.1) is 5.82 Å². The molecule has 0 saturated heterocycles. The Balaban J connectivity index is 1.61. The van der Waals surface area contributed by atoms with Crippen LogP contribution in [0.2, 0.25) is 5.02 Å². The molecule has 2 aromatic heterocycles. The van der Waals surface area contributed by atoms with Gasteiger partial charge in [0.25, 0.3) is 0 Å². The molecule has 0 radical (unpaired) electrons. The summed E-state index contributed by atoms with van der Waals surface area (Å²) in [7, 11) is 0. The van der Waals surface area contributed by atoms with Crippen molar-refractivity contribution in [3.8, 4) is 11.4 Å². The van der Waals surface area contributed by atoms with E-state index in [4.69, 9.17) is 11.6 Å². The number of anilines is 1. The lowest BCUT2D eigenvalue weighted by molar-refractivity contribution is 0.628. The molecule has 0 spiro atoms. The molecule has 124 valence electrons. The van der Waals surface area contributed by atoms with Crippen molar-refractivity contribution in [1.82, 2.24) is 19.8 Å². The summed E-state index contributed by atoms with van der Waals surface area (Å²) < 4.78 is 14.8. The summed E-state index contributed by atoms with van der Waals surface area (Å²) in [6.45, 7) is 0.615. The van der Waals surface area contributed by atoms with Gasteiger partial charge in [0.15, 0.2) is 11.5 Å². The van der Waals surface area contributed by atoms with E-state index in [9.17, 15) is 4.39 Å². The van der Waals surface area contributed by atoms with E-state index in [1.54, 1.807) is 16.6 Å². The number of halogens is 2. The predicted molar refractivity (Wildman–Crippen MR) is 95.0 cm³/mol. The maximum absolute atomic E-state index is 13.1. The molecule has 0 saturated carbocycles. The summed E-state index contributed by atoms with van der Waals surface area (Å²) in [5.41, 5.74) is 2.46. The number of hydrogen-bond donors (Lipinski definition) is 1. The predicted octanol–water partition coefficient (Wildman–Crippen LogP) is 4.20. The summed E-state index contributed by atoms with van der Waals surface area (Å²) in [5, 5.41) is 16.7. The van der Waals surface area contributed by atoms with E-state index in [-0.39, 0.29) is 5.82 Å². The fourth-order valence-corrected chi connectivity index (χ4v) is 2.58. The van der Waals surface area contributed by atoms with Crippen molar-refractivity contribution in [1.29, 1.82) is 0 Å². The summed E-state index contributed by atoms with van der Waals surface area (Å²) in [6.07, 6.45) is 0. The van der Waals surface area contributed by atoms with Crippen molar-refractivity contribution < 1.29 is 4.39 Å². The summed E-state index contributed by atoms with van der Waals surface area (Å²) in [5.74, 6) is 0.951. The van der Waals surface area contributed by atoms with Crippen LogP contribution in [0.3, 0.4) is 0 Å². The quantitative estimate of drug-likeness (QED) is 0.597. The highest BCUT2D eigenvalue weighted by Crippen LogP contribution is 2.19. The number of aromatic nitrogens is 4. The standard InChI is InChI=1S/C18H13ClFN5/c19-14-5-1-12(2-6-14)11-21-16-9-10-17-22-23-18(25(17)24-16)13-3-7-15(20)8-4-13/h1-10H,11H2,(H,21,24). The highest BCUT2D eigenvalue weighted by Gasteiger charge is 2.10. The molecular weight excluding hydrogens is 341 g/mol. The molecule has 4 rings (SSSR count). The first kappa shape index (κ1) is 15.5. The maximum Gasteiger partial charge on any atom is 0.185 e. The Morgan fingerprint density at radius 3 is 2.44 bits per heavy atom. The van der Waals surface area contributed by atoms with Crippen LogP contribution in [0.5, 0.6) is 0 Å². The third-order valence-electron chi connectivity index (χ3n) is 3.75. The van der Waals surface area contributed by atoms with Gasteiger partial charge < -0.3 is 5.32 Å². The lowest BCUT2D eigenvalue weighted by Crippen LogP contribution is -2.04. The van der Waals surface area contributed by atoms with E-state index in [0.717, 1.165) is 11.1 Å². The normalized spacial score (nSPS) is 11.0. The third kappa shape index (κ3) is 3.29. The highest BCUT2D eigenvalue weighted by atomic mass is 35.5. The van der Waals surface area contributed by atoms with Crippen molar-refractivity contribution in [2.75, 3.05) is 5.32 Å². The van der Waals surface area contributed by atoms with Crippen molar-refractivity contribution >= 4 is 23.1 Å². The molecular formula is C18H13ClFN5. The Labute approximate surface area is 148 Å². The minimum Gasteiger partial charge on any atom is -0.365 e. The van der Waals surface area contributed by atoms with Gasteiger partial charge in [-0.25, -0.2) is 4.39 Å². The lowest BCUT2D eigenvalue weighted by atomic mass is 10.2. The Hall–Kier alpha value is -2.99. The number of benzene rings is 2. The fraction of sp³-hybridized carbons (Fsp3) is 0.0556. The van der Waals surface area contributed by atoms with Gasteiger partial charge in [-0.05, 0) is 54.1 Å². The molecule has 0 amide bonds. The van der Waals surface area contributed by atoms with Crippen molar-refractivity contribution in [2.45, 2.75) is 6.54 Å². The van der Waals surface area contributed by atoms with Gasteiger partial charge in [-0.1, -0.05) is 23.7 Å². The number of fused-ring (bicyclic) bond motifs is 1. The molecule has 5 nitrogen and oxygen atoms in total. The minimum atomic E-state index is -0.296. The molecule has 0 aliphatic rings. The molecule has 0 aliphatic heterocycles. The van der Waals surface area contributed by atoms with E-state index in [1.807, 2.05) is 36.4 Å². The largest absolute Gasteiger partial charge is 0.365 e. The first-order chi connectivity index (χ1) is 12.2. The van der Waals surface area contributed by atoms with Gasteiger partial charge in [-0.15, -0.1) is 15.3 Å². The molecule has 7 heteroatoms. The summed E-state index contributed by atoms with van der Waals surface area (Å²) in [6, 6.07) is 17.4. The van der Waals surface area contributed by atoms with Crippen LogP contribution in [0.25, 0.3) is 17.0 Å². The van der Waals surface area contributed by atoms with E-state index < -0.39 is 0 Å². The molecule has 0 unspecified atom stereocenters. The lowest BCUT2D eigenvalue weighted by Gasteiger charge is -2.07. The molecule has 0 atom stereocenters. The number of nitrogens with one attached hydrogen (secondary N) is 1. The maximum atomic E-state index is 13.1. The van der Waals surface area contributed by atoms with Crippen LogP contribution < -0.4 is 5.32 Å². The van der Waals surface area contributed by atoms with Gasteiger partial charge in [0.1, 0.15) is 11.6 Å². The van der Waals surface area contributed by atoms with E-state index in [2.05, 4.69) is 20.6 Å². The Morgan fingerprint density at radius 1 is 0.920 bits per heavy atom. The van der Waals surface area contributed by atoms with Gasteiger partial charge in [-0.2, -0.15) is 4.52 Å². The monoisotopic (exact) mass is 353 g/mol. The summed E-state index contributed by atoms with van der Waals surface area (Å²) >= 11 is 5.89. The molecule has 4 aromatic rings. The molecule has 2 heterocycles. The molecule has 25 heavy (non-hydrogen) atoms. The van der Waals surface area contributed by atoms with E-state index in [0.29, 0.717) is 28.9 Å². The van der Waals surface area contributed by atoms with Crippen LogP contribution in [0.4, 0.5) is 10.2 Å². The molecule has 0 fully saturated rings. The Morgan fingerprint density at radius 2 is 1.68 bits per heavy atom. The van der Waals surface area contributed by atoms with E-state index in [1.165, 1.54) is 12.1 Å². The summed E-state index contributed by atoms with van der Waals surface area (Å²) in [4.78, 5) is 0. The second kappa shape index (κ2) is 6.49. The topological polar surface area (TPSA) is 55.1 Å².